The minimum Gasteiger partial charge on any atom is -0.480 e. The molecule has 6 heteroatoms. The van der Waals surface area contributed by atoms with Crippen molar-refractivity contribution in [2.45, 2.75) is 38.1 Å². The number of rotatable bonds is 5. The Morgan fingerprint density at radius 2 is 2.00 bits per heavy atom. The smallest absolute Gasteiger partial charge is 0.344 e. The molecular formula is C18H23Cl2NO3. The Labute approximate surface area is 153 Å². The maximum atomic E-state index is 12.0. The van der Waals surface area contributed by atoms with E-state index in [0.29, 0.717) is 34.4 Å². The zero-order valence-corrected chi connectivity index (χ0v) is 15.2. The Kier molecular flexibility index (Phi) is 6.25. The first kappa shape index (κ1) is 17.8. The van der Waals surface area contributed by atoms with Gasteiger partial charge in [0.25, 0.3) is 0 Å². The minimum atomic E-state index is -0.353. The van der Waals surface area contributed by atoms with E-state index in [4.69, 9.17) is 32.7 Å². The molecule has 2 aliphatic heterocycles. The predicted octanol–water partition coefficient (Wildman–Crippen LogP) is 4.18. The largest absolute Gasteiger partial charge is 0.480 e. The molecule has 2 fully saturated rings. The van der Waals surface area contributed by atoms with E-state index >= 15 is 0 Å². The van der Waals surface area contributed by atoms with Gasteiger partial charge in [-0.2, -0.15) is 0 Å². The second-order valence-corrected chi connectivity index (χ2v) is 7.39. The molecular weight excluding hydrogens is 349 g/mol. The van der Waals surface area contributed by atoms with Crippen LogP contribution in [0.15, 0.2) is 18.2 Å². The first-order chi connectivity index (χ1) is 11.6. The average Bonchev–Trinajstić information content (AvgIpc) is 2.59. The van der Waals surface area contributed by atoms with Gasteiger partial charge in [-0.3, -0.25) is 4.90 Å². The van der Waals surface area contributed by atoms with Crippen molar-refractivity contribution in [3.05, 3.63) is 28.2 Å². The van der Waals surface area contributed by atoms with E-state index < -0.39 is 0 Å². The molecule has 4 nitrogen and oxygen atoms in total. The highest BCUT2D eigenvalue weighted by molar-refractivity contribution is 6.35. The van der Waals surface area contributed by atoms with Crippen LogP contribution < -0.4 is 4.74 Å². The molecule has 0 aliphatic carbocycles. The summed E-state index contributed by atoms with van der Waals surface area (Å²) in [7, 11) is 0. The molecule has 0 saturated carbocycles. The number of halogens is 2. The molecule has 2 saturated heterocycles. The van der Waals surface area contributed by atoms with Crippen LogP contribution in [0.2, 0.25) is 10.0 Å². The van der Waals surface area contributed by atoms with E-state index in [1.807, 2.05) is 0 Å². The van der Waals surface area contributed by atoms with Crippen molar-refractivity contribution in [2.24, 2.45) is 5.92 Å². The molecule has 0 amide bonds. The minimum absolute atomic E-state index is 0.136. The number of nitrogens with zero attached hydrogens (tertiary/aromatic N) is 1. The van der Waals surface area contributed by atoms with Crippen molar-refractivity contribution in [3.8, 4) is 5.75 Å². The summed E-state index contributed by atoms with van der Waals surface area (Å²) in [4.78, 5) is 14.5. The highest BCUT2D eigenvalue weighted by Crippen LogP contribution is 2.31. The summed E-state index contributed by atoms with van der Waals surface area (Å²) in [6.07, 6.45) is 6.12. The van der Waals surface area contributed by atoms with Gasteiger partial charge in [-0.05, 0) is 57.0 Å². The fraction of sp³-hybridized carbons (Fsp3) is 0.611. The third-order valence-corrected chi connectivity index (χ3v) is 5.46. The van der Waals surface area contributed by atoms with Gasteiger partial charge in [0.2, 0.25) is 0 Å². The van der Waals surface area contributed by atoms with Crippen LogP contribution in [0.25, 0.3) is 0 Å². The Balaban J connectivity index is 1.45. The maximum Gasteiger partial charge on any atom is 0.344 e. The first-order valence-corrected chi connectivity index (χ1v) is 9.36. The van der Waals surface area contributed by atoms with Crippen molar-refractivity contribution in [3.63, 3.8) is 0 Å². The normalized spacial score (nSPS) is 24.2. The molecule has 0 radical (unpaired) electrons. The van der Waals surface area contributed by atoms with Crippen LogP contribution in [0.1, 0.15) is 32.1 Å². The van der Waals surface area contributed by atoms with Crippen molar-refractivity contribution in [1.29, 1.82) is 0 Å². The highest BCUT2D eigenvalue weighted by atomic mass is 35.5. The van der Waals surface area contributed by atoms with Crippen LogP contribution in [0.5, 0.6) is 5.75 Å². The maximum absolute atomic E-state index is 12.0. The third-order valence-electron chi connectivity index (χ3n) is 4.93. The molecule has 0 unspecified atom stereocenters. The van der Waals surface area contributed by atoms with E-state index in [1.165, 1.54) is 38.8 Å². The van der Waals surface area contributed by atoms with E-state index in [1.54, 1.807) is 18.2 Å². The van der Waals surface area contributed by atoms with Crippen LogP contribution in [-0.2, 0) is 9.53 Å². The van der Waals surface area contributed by atoms with Gasteiger partial charge in [-0.25, -0.2) is 4.79 Å². The van der Waals surface area contributed by atoms with Crippen LogP contribution in [-0.4, -0.2) is 43.2 Å². The SMILES string of the molecule is O=C(COc1ccc(Cl)cc1Cl)OC[C@@H]1CCCN2CCCC[C@@H]12. The second-order valence-electron chi connectivity index (χ2n) is 6.55. The number of esters is 1. The summed E-state index contributed by atoms with van der Waals surface area (Å²) in [6.45, 7) is 2.72. The highest BCUT2D eigenvalue weighted by Gasteiger charge is 2.33. The van der Waals surface area contributed by atoms with Crippen LogP contribution in [0.4, 0.5) is 0 Å². The number of piperidine rings is 2. The second kappa shape index (κ2) is 8.41. The van der Waals surface area contributed by atoms with Crippen molar-refractivity contribution >= 4 is 29.2 Å². The van der Waals surface area contributed by atoms with E-state index in [2.05, 4.69) is 4.90 Å². The molecule has 0 N–H and O–H groups in total. The van der Waals surface area contributed by atoms with Crippen LogP contribution in [0.3, 0.4) is 0 Å². The number of carbonyl (C=O) groups is 1. The number of fused-ring (bicyclic) bond motifs is 1. The third kappa shape index (κ3) is 4.56. The zero-order chi connectivity index (χ0) is 16.9. The van der Waals surface area contributed by atoms with Gasteiger partial charge in [0.15, 0.2) is 6.61 Å². The number of carbonyl (C=O) groups excluding carboxylic acids is 1. The van der Waals surface area contributed by atoms with Gasteiger partial charge in [0.05, 0.1) is 11.6 Å². The van der Waals surface area contributed by atoms with Gasteiger partial charge < -0.3 is 9.47 Å². The molecule has 2 aliphatic rings. The average molecular weight is 372 g/mol. The Morgan fingerprint density at radius 3 is 2.83 bits per heavy atom. The molecule has 0 aromatic heterocycles. The zero-order valence-electron chi connectivity index (χ0n) is 13.7. The molecule has 3 rings (SSSR count). The fourth-order valence-electron chi connectivity index (χ4n) is 3.74. The van der Waals surface area contributed by atoms with Crippen LogP contribution >= 0.6 is 23.2 Å². The molecule has 0 spiro atoms. The standard InChI is InChI=1S/C18H23Cl2NO3/c19-14-6-7-17(15(20)10-14)23-12-18(22)24-11-13-4-3-9-21-8-2-1-5-16(13)21/h6-7,10,13,16H,1-5,8-9,11-12H2/t13-,16-/m0/s1. The molecule has 132 valence electrons. The topological polar surface area (TPSA) is 38.8 Å². The molecule has 2 heterocycles. The lowest BCUT2D eigenvalue weighted by Crippen LogP contribution is -2.49. The predicted molar refractivity (Wildman–Crippen MR) is 94.9 cm³/mol. The summed E-state index contributed by atoms with van der Waals surface area (Å²) in [6, 6.07) is 5.49. The Hall–Kier alpha value is -0.970. The van der Waals surface area contributed by atoms with Gasteiger partial charge in [0.1, 0.15) is 5.75 Å². The van der Waals surface area contributed by atoms with Gasteiger partial charge >= 0.3 is 5.97 Å². The lowest BCUT2D eigenvalue weighted by atomic mass is 9.84. The summed E-state index contributed by atoms with van der Waals surface area (Å²) in [5.41, 5.74) is 0. The Morgan fingerprint density at radius 1 is 1.17 bits per heavy atom. The summed E-state index contributed by atoms with van der Waals surface area (Å²) >= 11 is 11.9. The van der Waals surface area contributed by atoms with Gasteiger partial charge in [0, 0.05) is 17.0 Å². The summed E-state index contributed by atoms with van der Waals surface area (Å²) < 4.78 is 10.9. The number of hydrogen-bond donors (Lipinski definition) is 0. The lowest BCUT2D eigenvalue weighted by Gasteiger charge is -2.44. The van der Waals surface area contributed by atoms with Gasteiger partial charge in [-0.15, -0.1) is 0 Å². The summed E-state index contributed by atoms with van der Waals surface area (Å²) in [5.74, 6) is 0.533. The molecule has 2 atom stereocenters. The van der Waals surface area contributed by atoms with Gasteiger partial charge in [-0.1, -0.05) is 29.6 Å². The molecule has 0 bridgehead atoms. The van der Waals surface area contributed by atoms with Crippen LogP contribution in [0, 0.1) is 5.92 Å². The van der Waals surface area contributed by atoms with Crippen molar-refractivity contribution in [1.82, 2.24) is 4.90 Å². The number of ether oxygens (including phenoxy) is 2. The van der Waals surface area contributed by atoms with E-state index in [9.17, 15) is 4.79 Å². The van der Waals surface area contributed by atoms with E-state index in [0.717, 1.165) is 6.42 Å². The quantitative estimate of drug-likeness (QED) is 0.727. The lowest BCUT2D eigenvalue weighted by molar-refractivity contribution is -0.149. The number of hydrogen-bond acceptors (Lipinski definition) is 4. The van der Waals surface area contributed by atoms with E-state index in [-0.39, 0.29) is 12.6 Å². The van der Waals surface area contributed by atoms with Crippen molar-refractivity contribution in [2.75, 3.05) is 26.3 Å². The number of benzene rings is 1. The molecule has 1 aromatic rings. The summed E-state index contributed by atoms with van der Waals surface area (Å²) in [5, 5.41) is 0.921. The molecule has 1 aromatic carbocycles. The first-order valence-electron chi connectivity index (χ1n) is 8.61. The Bertz CT molecular complexity index is 579. The fourth-order valence-corrected chi connectivity index (χ4v) is 4.21. The van der Waals surface area contributed by atoms with Crippen molar-refractivity contribution < 1.29 is 14.3 Å². The molecule has 24 heavy (non-hydrogen) atoms. The monoisotopic (exact) mass is 371 g/mol.